The third kappa shape index (κ3) is 8.74. The van der Waals surface area contributed by atoms with E-state index in [-0.39, 0.29) is 5.75 Å². The Balaban J connectivity index is 3.46. The normalized spacial score (nSPS) is 11.9. The molecule has 0 amide bonds. The fourth-order valence-electron chi connectivity index (χ4n) is 0.863. The maximum atomic E-state index is 11.2. The van der Waals surface area contributed by atoms with Crippen molar-refractivity contribution in [3.63, 3.8) is 0 Å². The van der Waals surface area contributed by atoms with Crippen molar-refractivity contribution >= 4 is 21.6 Å². The van der Waals surface area contributed by atoms with Crippen molar-refractivity contribution in [1.29, 1.82) is 0 Å². The number of rotatable bonds is 9. The zero-order valence-electron chi connectivity index (χ0n) is 8.46. The minimum Gasteiger partial charge on any atom is -0.382 e. The van der Waals surface area contributed by atoms with Crippen LogP contribution in [0.4, 0.5) is 0 Å². The van der Waals surface area contributed by atoms with E-state index >= 15 is 0 Å². The highest BCUT2D eigenvalue weighted by Crippen LogP contribution is 1.92. The minimum absolute atomic E-state index is 0.102. The van der Waals surface area contributed by atoms with Gasteiger partial charge in [-0.1, -0.05) is 0 Å². The third-order valence-electron chi connectivity index (χ3n) is 1.54. The molecule has 6 heteroatoms. The summed E-state index contributed by atoms with van der Waals surface area (Å²) in [5, 5.41) is 0. The monoisotopic (exact) mass is 243 g/mol. The lowest BCUT2D eigenvalue weighted by molar-refractivity contribution is 0.146. The molecule has 0 radical (unpaired) electrons. The zero-order valence-corrected chi connectivity index (χ0v) is 10.0. The van der Waals surface area contributed by atoms with E-state index in [0.29, 0.717) is 38.5 Å². The van der Waals surface area contributed by atoms with Crippen molar-refractivity contribution in [3.05, 3.63) is 0 Å². The molecule has 1 N–H and O–H groups in total. The molecule has 0 atom stereocenters. The second-order valence-corrected chi connectivity index (χ2v) is 5.11. The van der Waals surface area contributed by atoms with Gasteiger partial charge in [0.15, 0.2) is 0 Å². The Kier molecular flexibility index (Phi) is 8.56. The number of hydrogen-bond donors (Lipinski definition) is 1. The Hall–Kier alpha value is 0.160. The molecule has 0 saturated carbocycles. The van der Waals surface area contributed by atoms with E-state index in [9.17, 15) is 8.42 Å². The van der Waals surface area contributed by atoms with E-state index in [4.69, 9.17) is 16.3 Å². The summed E-state index contributed by atoms with van der Waals surface area (Å²) in [7, 11) is -3.12. The lowest BCUT2D eigenvalue weighted by Crippen LogP contribution is -2.28. The van der Waals surface area contributed by atoms with Gasteiger partial charge in [-0.2, -0.15) is 0 Å². The second kappa shape index (κ2) is 8.47. The van der Waals surface area contributed by atoms with Crippen LogP contribution in [0.1, 0.15) is 19.8 Å². The average molecular weight is 244 g/mol. The van der Waals surface area contributed by atoms with Gasteiger partial charge in [0.1, 0.15) is 0 Å². The summed E-state index contributed by atoms with van der Waals surface area (Å²) in [4.78, 5) is 0. The molecule has 0 aliphatic heterocycles. The Morgan fingerprint density at radius 2 is 2.07 bits per heavy atom. The van der Waals surface area contributed by atoms with Gasteiger partial charge in [0.05, 0.1) is 5.75 Å². The first-order valence-electron chi connectivity index (χ1n) is 4.73. The first-order chi connectivity index (χ1) is 6.62. The van der Waals surface area contributed by atoms with Crippen LogP contribution >= 0.6 is 11.6 Å². The van der Waals surface area contributed by atoms with Crippen LogP contribution in [0.25, 0.3) is 0 Å². The summed E-state index contributed by atoms with van der Waals surface area (Å²) in [5.41, 5.74) is 0. The molecule has 0 aliphatic rings. The topological polar surface area (TPSA) is 55.4 Å². The molecule has 0 rings (SSSR count). The van der Waals surface area contributed by atoms with Crippen molar-refractivity contribution in [2.75, 3.05) is 31.4 Å². The van der Waals surface area contributed by atoms with Gasteiger partial charge in [0.25, 0.3) is 0 Å². The van der Waals surface area contributed by atoms with E-state index in [2.05, 4.69) is 4.72 Å². The van der Waals surface area contributed by atoms with Crippen LogP contribution in [0.15, 0.2) is 0 Å². The third-order valence-corrected chi connectivity index (χ3v) is 3.28. The molecule has 0 aromatic carbocycles. The molecule has 0 spiro atoms. The highest BCUT2D eigenvalue weighted by molar-refractivity contribution is 7.89. The van der Waals surface area contributed by atoms with Crippen molar-refractivity contribution in [2.24, 2.45) is 0 Å². The van der Waals surface area contributed by atoms with Gasteiger partial charge < -0.3 is 4.74 Å². The van der Waals surface area contributed by atoms with Crippen LogP contribution in [0.2, 0.25) is 0 Å². The number of halogens is 1. The Labute approximate surface area is 91.0 Å². The van der Waals surface area contributed by atoms with Crippen LogP contribution in [0.5, 0.6) is 0 Å². The van der Waals surface area contributed by atoms with Gasteiger partial charge in [0, 0.05) is 25.6 Å². The van der Waals surface area contributed by atoms with Gasteiger partial charge >= 0.3 is 0 Å². The summed E-state index contributed by atoms with van der Waals surface area (Å²) >= 11 is 5.40. The molecule has 0 aromatic rings. The summed E-state index contributed by atoms with van der Waals surface area (Å²) in [5.74, 6) is 0.477. The first kappa shape index (κ1) is 14.2. The lowest BCUT2D eigenvalue weighted by Gasteiger charge is -2.05. The molecule has 0 aromatic heterocycles. The second-order valence-electron chi connectivity index (χ2n) is 2.81. The van der Waals surface area contributed by atoms with Crippen LogP contribution in [-0.4, -0.2) is 39.8 Å². The van der Waals surface area contributed by atoms with E-state index in [1.165, 1.54) is 0 Å². The fourth-order valence-corrected chi connectivity index (χ4v) is 2.28. The summed E-state index contributed by atoms with van der Waals surface area (Å²) < 4.78 is 30.0. The molecule has 0 heterocycles. The number of hydrogen-bond acceptors (Lipinski definition) is 3. The number of ether oxygens (including phenoxy) is 1. The van der Waals surface area contributed by atoms with Gasteiger partial charge in [-0.05, 0) is 19.8 Å². The number of alkyl halides is 1. The lowest BCUT2D eigenvalue weighted by atomic mass is 10.5. The van der Waals surface area contributed by atoms with Crippen LogP contribution in [0.3, 0.4) is 0 Å². The largest absolute Gasteiger partial charge is 0.382 e. The minimum atomic E-state index is -3.12. The molecule has 0 saturated heterocycles. The summed E-state index contributed by atoms with van der Waals surface area (Å²) in [6.45, 7) is 3.60. The van der Waals surface area contributed by atoms with E-state index in [1.807, 2.05) is 6.92 Å². The standard InChI is InChI=1S/C8H18ClNO3S/c1-2-13-7-4-6-10-14(11,12)8-3-5-9/h10H,2-8H2,1H3. The first-order valence-corrected chi connectivity index (χ1v) is 6.92. The fraction of sp³-hybridized carbons (Fsp3) is 1.00. The molecule has 0 fully saturated rings. The molecule has 0 bridgehead atoms. The maximum absolute atomic E-state index is 11.2. The zero-order chi connectivity index (χ0) is 10.9. The quantitative estimate of drug-likeness (QED) is 0.485. The summed E-state index contributed by atoms with van der Waals surface area (Å²) in [6.07, 6.45) is 1.19. The maximum Gasteiger partial charge on any atom is 0.211 e. The van der Waals surface area contributed by atoms with Crippen LogP contribution < -0.4 is 4.72 Å². The van der Waals surface area contributed by atoms with Crippen molar-refractivity contribution in [3.8, 4) is 0 Å². The molecular weight excluding hydrogens is 226 g/mol. The number of nitrogens with one attached hydrogen (secondary N) is 1. The average Bonchev–Trinajstić information content (AvgIpc) is 2.15. The molecule has 4 nitrogen and oxygen atoms in total. The van der Waals surface area contributed by atoms with Crippen LogP contribution in [0, 0.1) is 0 Å². The van der Waals surface area contributed by atoms with E-state index in [1.54, 1.807) is 0 Å². The highest BCUT2D eigenvalue weighted by Gasteiger charge is 2.07. The Morgan fingerprint density at radius 3 is 2.64 bits per heavy atom. The molecule has 0 unspecified atom stereocenters. The highest BCUT2D eigenvalue weighted by atomic mass is 35.5. The molecule has 0 aliphatic carbocycles. The van der Waals surface area contributed by atoms with E-state index in [0.717, 1.165) is 0 Å². The van der Waals surface area contributed by atoms with Gasteiger partial charge in [-0.3, -0.25) is 0 Å². The van der Waals surface area contributed by atoms with Gasteiger partial charge in [-0.25, -0.2) is 13.1 Å². The SMILES string of the molecule is CCOCCCNS(=O)(=O)CCCCl. The molecule has 86 valence electrons. The molecule has 14 heavy (non-hydrogen) atoms. The van der Waals surface area contributed by atoms with Crippen LogP contribution in [-0.2, 0) is 14.8 Å². The van der Waals surface area contributed by atoms with Gasteiger partial charge in [-0.15, -0.1) is 11.6 Å². The van der Waals surface area contributed by atoms with E-state index < -0.39 is 10.0 Å². The van der Waals surface area contributed by atoms with Crippen molar-refractivity contribution < 1.29 is 13.2 Å². The van der Waals surface area contributed by atoms with Crippen molar-refractivity contribution in [1.82, 2.24) is 4.72 Å². The Bertz CT molecular complexity index is 219. The Morgan fingerprint density at radius 1 is 1.36 bits per heavy atom. The van der Waals surface area contributed by atoms with Crippen molar-refractivity contribution in [2.45, 2.75) is 19.8 Å². The molecular formula is C8H18ClNO3S. The van der Waals surface area contributed by atoms with Gasteiger partial charge in [0.2, 0.25) is 10.0 Å². The smallest absolute Gasteiger partial charge is 0.211 e. The predicted octanol–water partition coefficient (Wildman–Crippen LogP) is 0.961. The number of sulfonamides is 1. The predicted molar refractivity (Wildman–Crippen MR) is 58.2 cm³/mol. The summed E-state index contributed by atoms with van der Waals surface area (Å²) in [6, 6.07) is 0.